The molecule has 2 aromatic carbocycles. The van der Waals surface area contributed by atoms with E-state index in [1.54, 1.807) is 6.07 Å². The molecular formula is C21H20N2O4. The fourth-order valence-corrected chi connectivity index (χ4v) is 2.97. The van der Waals surface area contributed by atoms with E-state index in [0.29, 0.717) is 29.5 Å². The number of aromatic nitrogens is 1. The first kappa shape index (κ1) is 17.1. The fourth-order valence-electron chi connectivity index (χ4n) is 2.97. The molecule has 3 aromatic rings. The SMILES string of the molecule is O=C(Cc1cc(-c2ccc3c(c2)OCO3)on1)NCCCc1ccccc1. The topological polar surface area (TPSA) is 73.6 Å². The van der Waals surface area contributed by atoms with Gasteiger partial charge in [0, 0.05) is 18.2 Å². The van der Waals surface area contributed by atoms with Crippen molar-refractivity contribution in [3.05, 3.63) is 65.9 Å². The lowest BCUT2D eigenvalue weighted by molar-refractivity contribution is -0.120. The molecule has 1 amide bonds. The van der Waals surface area contributed by atoms with Gasteiger partial charge in [0.2, 0.25) is 12.7 Å². The van der Waals surface area contributed by atoms with Crippen LogP contribution in [-0.2, 0) is 17.6 Å². The minimum Gasteiger partial charge on any atom is -0.454 e. The van der Waals surface area contributed by atoms with Gasteiger partial charge in [-0.3, -0.25) is 4.79 Å². The van der Waals surface area contributed by atoms with Gasteiger partial charge in [-0.05, 0) is 36.6 Å². The number of hydrogen-bond acceptors (Lipinski definition) is 5. The number of nitrogens with one attached hydrogen (secondary N) is 1. The van der Waals surface area contributed by atoms with E-state index in [4.69, 9.17) is 14.0 Å². The summed E-state index contributed by atoms with van der Waals surface area (Å²) < 4.78 is 16.0. The van der Waals surface area contributed by atoms with Crippen LogP contribution in [0.3, 0.4) is 0 Å². The van der Waals surface area contributed by atoms with E-state index >= 15 is 0 Å². The molecule has 0 aliphatic carbocycles. The van der Waals surface area contributed by atoms with Crippen LogP contribution in [0.4, 0.5) is 0 Å². The van der Waals surface area contributed by atoms with Gasteiger partial charge in [0.25, 0.3) is 0 Å². The molecule has 0 spiro atoms. The van der Waals surface area contributed by atoms with Crippen molar-refractivity contribution in [2.45, 2.75) is 19.3 Å². The van der Waals surface area contributed by atoms with Crippen LogP contribution in [-0.4, -0.2) is 24.4 Å². The quantitative estimate of drug-likeness (QED) is 0.651. The largest absolute Gasteiger partial charge is 0.454 e. The summed E-state index contributed by atoms with van der Waals surface area (Å²) in [5, 5.41) is 6.92. The zero-order valence-corrected chi connectivity index (χ0v) is 14.8. The Labute approximate surface area is 157 Å². The van der Waals surface area contributed by atoms with Crippen LogP contribution in [0.5, 0.6) is 11.5 Å². The Kier molecular flexibility index (Phi) is 5.05. The highest BCUT2D eigenvalue weighted by molar-refractivity contribution is 5.78. The molecule has 0 bridgehead atoms. The summed E-state index contributed by atoms with van der Waals surface area (Å²) in [5.41, 5.74) is 2.71. The number of nitrogens with zero attached hydrogens (tertiary/aromatic N) is 1. The predicted molar refractivity (Wildman–Crippen MR) is 99.5 cm³/mol. The normalized spacial score (nSPS) is 12.1. The van der Waals surface area contributed by atoms with Crippen molar-refractivity contribution in [2.24, 2.45) is 0 Å². The van der Waals surface area contributed by atoms with E-state index in [2.05, 4.69) is 22.6 Å². The molecule has 2 heterocycles. The van der Waals surface area contributed by atoms with E-state index in [9.17, 15) is 4.79 Å². The molecule has 0 saturated carbocycles. The van der Waals surface area contributed by atoms with E-state index in [0.717, 1.165) is 18.4 Å². The van der Waals surface area contributed by atoms with Crippen molar-refractivity contribution in [2.75, 3.05) is 13.3 Å². The number of carbonyl (C=O) groups excluding carboxylic acids is 1. The Morgan fingerprint density at radius 3 is 2.78 bits per heavy atom. The van der Waals surface area contributed by atoms with Crippen LogP contribution < -0.4 is 14.8 Å². The lowest BCUT2D eigenvalue weighted by atomic mass is 10.1. The number of amides is 1. The molecule has 0 fully saturated rings. The number of aryl methyl sites for hydroxylation is 1. The van der Waals surface area contributed by atoms with Gasteiger partial charge in [0.05, 0.1) is 12.1 Å². The highest BCUT2D eigenvalue weighted by Gasteiger charge is 2.16. The summed E-state index contributed by atoms with van der Waals surface area (Å²) in [5.74, 6) is 1.93. The second kappa shape index (κ2) is 7.95. The van der Waals surface area contributed by atoms with Crippen LogP contribution in [0.2, 0.25) is 0 Å². The summed E-state index contributed by atoms with van der Waals surface area (Å²) in [6.45, 7) is 0.867. The van der Waals surface area contributed by atoms with Gasteiger partial charge in [0.1, 0.15) is 0 Å². The van der Waals surface area contributed by atoms with Crippen molar-refractivity contribution in [3.8, 4) is 22.8 Å². The average molecular weight is 364 g/mol. The van der Waals surface area contributed by atoms with Gasteiger partial charge >= 0.3 is 0 Å². The van der Waals surface area contributed by atoms with Crippen LogP contribution in [0.15, 0.2) is 59.1 Å². The second-order valence-electron chi connectivity index (χ2n) is 6.37. The summed E-state index contributed by atoms with van der Waals surface area (Å²) in [6, 6.07) is 17.6. The van der Waals surface area contributed by atoms with E-state index in [1.807, 2.05) is 36.4 Å². The number of carbonyl (C=O) groups is 1. The van der Waals surface area contributed by atoms with Crippen molar-refractivity contribution in [3.63, 3.8) is 0 Å². The summed E-state index contributed by atoms with van der Waals surface area (Å²) in [7, 11) is 0. The van der Waals surface area contributed by atoms with Crippen LogP contribution >= 0.6 is 0 Å². The maximum Gasteiger partial charge on any atom is 0.231 e. The maximum atomic E-state index is 12.1. The molecule has 138 valence electrons. The molecule has 4 rings (SSSR count). The Bertz CT molecular complexity index is 921. The standard InChI is InChI=1S/C21H20N2O4/c24-21(22-10-4-7-15-5-2-1-3-6-15)13-17-12-19(27-23-17)16-8-9-18-20(11-16)26-14-25-18/h1-3,5-6,8-9,11-12H,4,7,10,13-14H2,(H,22,24). The smallest absolute Gasteiger partial charge is 0.231 e. The Hall–Kier alpha value is -3.28. The highest BCUT2D eigenvalue weighted by Crippen LogP contribution is 2.36. The Morgan fingerprint density at radius 2 is 1.89 bits per heavy atom. The molecule has 0 unspecified atom stereocenters. The number of benzene rings is 2. The monoisotopic (exact) mass is 364 g/mol. The van der Waals surface area contributed by atoms with Crippen LogP contribution in [0.1, 0.15) is 17.7 Å². The van der Waals surface area contributed by atoms with Gasteiger partial charge in [0.15, 0.2) is 17.3 Å². The minimum atomic E-state index is -0.0615. The third kappa shape index (κ3) is 4.28. The molecule has 1 aromatic heterocycles. The molecule has 1 N–H and O–H groups in total. The molecule has 1 aliphatic rings. The molecular weight excluding hydrogens is 344 g/mol. The fraction of sp³-hybridized carbons (Fsp3) is 0.238. The van der Waals surface area contributed by atoms with Crippen molar-refractivity contribution in [1.82, 2.24) is 10.5 Å². The lowest BCUT2D eigenvalue weighted by Gasteiger charge is -2.04. The van der Waals surface area contributed by atoms with Crippen LogP contribution in [0.25, 0.3) is 11.3 Å². The van der Waals surface area contributed by atoms with Gasteiger partial charge < -0.3 is 19.3 Å². The van der Waals surface area contributed by atoms with Crippen molar-refractivity contribution in [1.29, 1.82) is 0 Å². The second-order valence-corrected chi connectivity index (χ2v) is 6.37. The summed E-state index contributed by atoms with van der Waals surface area (Å²) >= 11 is 0. The van der Waals surface area contributed by atoms with Crippen molar-refractivity contribution >= 4 is 5.91 Å². The summed E-state index contributed by atoms with van der Waals surface area (Å²) in [4.78, 5) is 12.1. The van der Waals surface area contributed by atoms with Gasteiger partial charge in [-0.2, -0.15) is 0 Å². The number of rotatable bonds is 7. The molecule has 0 radical (unpaired) electrons. The minimum absolute atomic E-state index is 0.0615. The molecule has 0 saturated heterocycles. The molecule has 6 nitrogen and oxygen atoms in total. The zero-order chi connectivity index (χ0) is 18.5. The molecule has 0 atom stereocenters. The maximum absolute atomic E-state index is 12.1. The van der Waals surface area contributed by atoms with Crippen molar-refractivity contribution < 1.29 is 18.8 Å². The Balaban J connectivity index is 1.27. The first-order valence-corrected chi connectivity index (χ1v) is 8.94. The highest BCUT2D eigenvalue weighted by atomic mass is 16.7. The van der Waals surface area contributed by atoms with Gasteiger partial charge in [-0.1, -0.05) is 35.5 Å². The number of ether oxygens (including phenoxy) is 2. The molecule has 6 heteroatoms. The molecule has 1 aliphatic heterocycles. The first-order valence-electron chi connectivity index (χ1n) is 8.94. The van der Waals surface area contributed by atoms with E-state index in [-0.39, 0.29) is 19.1 Å². The summed E-state index contributed by atoms with van der Waals surface area (Å²) in [6.07, 6.45) is 2.04. The predicted octanol–water partition coefficient (Wildman–Crippen LogP) is 3.36. The van der Waals surface area contributed by atoms with E-state index in [1.165, 1.54) is 5.56 Å². The first-order chi connectivity index (χ1) is 13.3. The molecule has 27 heavy (non-hydrogen) atoms. The van der Waals surface area contributed by atoms with E-state index < -0.39 is 0 Å². The lowest BCUT2D eigenvalue weighted by Crippen LogP contribution is -2.26. The third-order valence-electron chi connectivity index (χ3n) is 4.36. The third-order valence-corrected chi connectivity index (χ3v) is 4.36. The zero-order valence-electron chi connectivity index (χ0n) is 14.8. The van der Waals surface area contributed by atoms with Crippen LogP contribution in [0, 0.1) is 0 Å². The Morgan fingerprint density at radius 1 is 1.04 bits per heavy atom. The average Bonchev–Trinajstić information content (AvgIpc) is 3.34. The number of hydrogen-bond donors (Lipinski definition) is 1. The van der Waals surface area contributed by atoms with Gasteiger partial charge in [-0.15, -0.1) is 0 Å². The number of fused-ring (bicyclic) bond motifs is 1. The van der Waals surface area contributed by atoms with Gasteiger partial charge in [-0.25, -0.2) is 0 Å².